The first-order valence-corrected chi connectivity index (χ1v) is 8.10. The molecule has 8 heteroatoms. The van der Waals surface area contributed by atoms with Crippen molar-refractivity contribution in [3.8, 4) is 0 Å². The number of esters is 2. The molecule has 0 fully saturated rings. The van der Waals surface area contributed by atoms with E-state index in [0.717, 1.165) is 0 Å². The summed E-state index contributed by atoms with van der Waals surface area (Å²) >= 11 is 0. The van der Waals surface area contributed by atoms with Crippen LogP contribution >= 0.6 is 0 Å². The molecule has 1 unspecified atom stereocenters. The van der Waals surface area contributed by atoms with Gasteiger partial charge in [0.05, 0.1) is 25.9 Å². The van der Waals surface area contributed by atoms with E-state index in [2.05, 4.69) is 14.2 Å². The van der Waals surface area contributed by atoms with Crippen LogP contribution in [-0.4, -0.2) is 45.9 Å². The van der Waals surface area contributed by atoms with Gasteiger partial charge in [-0.15, -0.1) is 0 Å². The summed E-state index contributed by atoms with van der Waals surface area (Å²) in [5.41, 5.74) is 0. The minimum Gasteiger partial charge on any atom is -0.468 e. The van der Waals surface area contributed by atoms with E-state index in [1.807, 2.05) is 13.8 Å². The quantitative estimate of drug-likeness (QED) is 0.621. The molecule has 0 radical (unpaired) electrons. The number of carbonyl (C=O) groups is 2. The van der Waals surface area contributed by atoms with Crippen LogP contribution in [-0.2, 0) is 29.1 Å². The second-order valence-corrected chi connectivity index (χ2v) is 6.57. The van der Waals surface area contributed by atoms with Crippen LogP contribution in [0.2, 0.25) is 0 Å². The van der Waals surface area contributed by atoms with Crippen molar-refractivity contribution >= 4 is 22.0 Å². The summed E-state index contributed by atoms with van der Waals surface area (Å²) in [6.07, 6.45) is 0.0735. The smallest absolute Gasteiger partial charge is 0.323 e. The van der Waals surface area contributed by atoms with Crippen LogP contribution in [0.15, 0.2) is 0 Å². The number of ether oxygens (including phenoxy) is 2. The molecule has 0 aromatic heterocycles. The Hall–Kier alpha value is -1.15. The maximum atomic E-state index is 11.8. The normalized spacial score (nSPS) is 13.1. The average molecular weight is 309 g/mol. The number of hydrogen-bond donors (Lipinski definition) is 1. The van der Waals surface area contributed by atoms with E-state index < -0.39 is 33.8 Å². The molecule has 0 aliphatic heterocycles. The topological polar surface area (TPSA) is 98.8 Å². The minimum atomic E-state index is -3.75. The number of rotatable bonds is 9. The van der Waals surface area contributed by atoms with E-state index in [1.54, 1.807) is 6.92 Å². The molecule has 0 saturated carbocycles. The molecular weight excluding hydrogens is 286 g/mol. The molecule has 118 valence electrons. The van der Waals surface area contributed by atoms with Crippen molar-refractivity contribution in [2.24, 2.45) is 5.92 Å². The molecule has 7 nitrogen and oxygen atoms in total. The predicted molar refractivity (Wildman–Crippen MR) is 73.4 cm³/mol. The Morgan fingerprint density at radius 2 is 1.85 bits per heavy atom. The van der Waals surface area contributed by atoms with Gasteiger partial charge in [-0.3, -0.25) is 9.59 Å². The van der Waals surface area contributed by atoms with Crippen molar-refractivity contribution in [3.05, 3.63) is 0 Å². The van der Waals surface area contributed by atoms with E-state index in [9.17, 15) is 18.0 Å². The highest BCUT2D eigenvalue weighted by Crippen LogP contribution is 2.08. The molecule has 0 amide bonds. The van der Waals surface area contributed by atoms with Crippen LogP contribution < -0.4 is 4.72 Å². The summed E-state index contributed by atoms with van der Waals surface area (Å²) in [4.78, 5) is 22.7. The zero-order valence-electron chi connectivity index (χ0n) is 12.3. The largest absolute Gasteiger partial charge is 0.468 e. The van der Waals surface area contributed by atoms with Gasteiger partial charge < -0.3 is 9.47 Å². The summed E-state index contributed by atoms with van der Waals surface area (Å²) in [5, 5.41) is 0. The zero-order chi connectivity index (χ0) is 15.8. The highest BCUT2D eigenvalue weighted by atomic mass is 32.2. The monoisotopic (exact) mass is 309 g/mol. The minimum absolute atomic E-state index is 0.117. The van der Waals surface area contributed by atoms with Crippen LogP contribution in [0, 0.1) is 5.92 Å². The number of carbonyl (C=O) groups excluding carboxylic acids is 2. The summed E-state index contributed by atoms with van der Waals surface area (Å²) in [6, 6.07) is -0.938. The van der Waals surface area contributed by atoms with E-state index in [0.29, 0.717) is 6.42 Å². The Bertz CT molecular complexity index is 418. The van der Waals surface area contributed by atoms with Gasteiger partial charge in [-0.05, 0) is 19.3 Å². The molecule has 0 spiro atoms. The maximum absolute atomic E-state index is 11.8. The van der Waals surface area contributed by atoms with Crippen LogP contribution in [0.5, 0.6) is 0 Å². The molecule has 0 rings (SSSR count). The lowest BCUT2D eigenvalue weighted by Gasteiger charge is -2.18. The van der Waals surface area contributed by atoms with Crippen LogP contribution in [0.1, 0.15) is 33.6 Å². The molecule has 0 aliphatic carbocycles. The molecule has 0 bridgehead atoms. The molecule has 0 saturated heterocycles. The van der Waals surface area contributed by atoms with Gasteiger partial charge in [-0.1, -0.05) is 13.8 Å². The van der Waals surface area contributed by atoms with E-state index >= 15 is 0 Å². The molecule has 0 aliphatic rings. The van der Waals surface area contributed by atoms with E-state index in [-0.39, 0.29) is 18.9 Å². The Morgan fingerprint density at radius 3 is 2.30 bits per heavy atom. The molecule has 20 heavy (non-hydrogen) atoms. The molecule has 0 aromatic carbocycles. The third-order valence-corrected chi connectivity index (χ3v) is 3.78. The van der Waals surface area contributed by atoms with Crippen molar-refractivity contribution in [1.82, 2.24) is 4.72 Å². The lowest BCUT2D eigenvalue weighted by Crippen LogP contribution is -2.43. The number of methoxy groups -OCH3 is 1. The van der Waals surface area contributed by atoms with Crippen LogP contribution in [0.25, 0.3) is 0 Å². The fourth-order valence-electron chi connectivity index (χ4n) is 1.53. The summed E-state index contributed by atoms with van der Waals surface area (Å²) in [5.74, 6) is -1.53. The van der Waals surface area contributed by atoms with Gasteiger partial charge in [0.15, 0.2) is 0 Å². The maximum Gasteiger partial charge on any atom is 0.323 e. The van der Waals surface area contributed by atoms with Gasteiger partial charge in [-0.2, -0.15) is 0 Å². The Kier molecular flexibility index (Phi) is 8.40. The first-order valence-electron chi connectivity index (χ1n) is 6.45. The predicted octanol–water partition coefficient (Wildman–Crippen LogP) is 0.447. The van der Waals surface area contributed by atoms with Gasteiger partial charge in [0.1, 0.15) is 6.04 Å². The first-order chi connectivity index (χ1) is 9.21. The second kappa shape index (κ2) is 8.91. The Balaban J connectivity index is 4.59. The van der Waals surface area contributed by atoms with Crippen LogP contribution in [0.4, 0.5) is 0 Å². The third kappa shape index (κ3) is 8.11. The molecule has 0 heterocycles. The fourth-order valence-corrected chi connectivity index (χ4v) is 2.71. The molecule has 1 N–H and O–H groups in total. The summed E-state index contributed by atoms with van der Waals surface area (Å²) < 4.78 is 35.1. The standard InChI is InChI=1S/C12H23NO6S/c1-5-19-11(14)6-7-20(16,17)13-10(8-9(2)3)12(15)18-4/h9-10,13H,5-8H2,1-4H3. The van der Waals surface area contributed by atoms with E-state index in [4.69, 9.17) is 0 Å². The van der Waals surface area contributed by atoms with Gasteiger partial charge in [0.2, 0.25) is 10.0 Å². The summed E-state index contributed by atoms with van der Waals surface area (Å²) in [6.45, 7) is 5.57. The molecule has 0 aromatic rings. The zero-order valence-corrected chi connectivity index (χ0v) is 13.2. The summed E-state index contributed by atoms with van der Waals surface area (Å²) in [7, 11) is -2.55. The number of sulfonamides is 1. The molecular formula is C12H23NO6S. The lowest BCUT2D eigenvalue weighted by atomic mass is 10.1. The highest BCUT2D eigenvalue weighted by molar-refractivity contribution is 7.89. The SMILES string of the molecule is CCOC(=O)CCS(=O)(=O)NC(CC(C)C)C(=O)OC. The number of hydrogen-bond acceptors (Lipinski definition) is 6. The van der Waals surface area contributed by atoms with Crippen LogP contribution in [0.3, 0.4) is 0 Å². The molecule has 1 atom stereocenters. The Morgan fingerprint density at radius 1 is 1.25 bits per heavy atom. The van der Waals surface area contributed by atoms with Crippen molar-refractivity contribution in [1.29, 1.82) is 0 Å². The van der Waals surface area contributed by atoms with Crippen molar-refractivity contribution in [2.45, 2.75) is 39.7 Å². The van der Waals surface area contributed by atoms with E-state index in [1.165, 1.54) is 7.11 Å². The van der Waals surface area contributed by atoms with Gasteiger partial charge in [0, 0.05) is 0 Å². The van der Waals surface area contributed by atoms with Gasteiger partial charge in [-0.25, -0.2) is 13.1 Å². The van der Waals surface area contributed by atoms with Gasteiger partial charge in [0.25, 0.3) is 0 Å². The number of nitrogens with one attached hydrogen (secondary N) is 1. The van der Waals surface area contributed by atoms with Gasteiger partial charge >= 0.3 is 11.9 Å². The Labute approximate surface area is 120 Å². The van der Waals surface area contributed by atoms with Crippen molar-refractivity contribution in [2.75, 3.05) is 19.5 Å². The highest BCUT2D eigenvalue weighted by Gasteiger charge is 2.26. The first kappa shape index (κ1) is 18.9. The van der Waals surface area contributed by atoms with Crippen molar-refractivity contribution < 1.29 is 27.5 Å². The average Bonchev–Trinajstić information content (AvgIpc) is 2.34. The fraction of sp³-hybridized carbons (Fsp3) is 0.833. The van der Waals surface area contributed by atoms with Crippen molar-refractivity contribution in [3.63, 3.8) is 0 Å². The lowest BCUT2D eigenvalue weighted by molar-refractivity contribution is -0.143. The third-order valence-electron chi connectivity index (χ3n) is 2.39. The second-order valence-electron chi connectivity index (χ2n) is 4.70.